The summed E-state index contributed by atoms with van der Waals surface area (Å²) in [5, 5.41) is 9.09. The van der Waals surface area contributed by atoms with E-state index in [0.717, 1.165) is 61.2 Å². The molecule has 25 heavy (non-hydrogen) atoms. The van der Waals surface area contributed by atoms with Crippen LogP contribution < -0.4 is 10.5 Å². The lowest BCUT2D eigenvalue weighted by Gasteiger charge is -2.30. The smallest absolute Gasteiger partial charge is 0.251 e. The molecule has 3 aliphatic rings. The molecule has 0 radical (unpaired) electrons. The second-order valence-corrected chi connectivity index (χ2v) is 7.62. The summed E-state index contributed by atoms with van der Waals surface area (Å²) in [5.41, 5.74) is 8.35. The summed E-state index contributed by atoms with van der Waals surface area (Å²) >= 11 is 6.28. The molecule has 2 fully saturated rings. The molecule has 2 aromatic rings. The third kappa shape index (κ3) is 2.68. The molecule has 0 bridgehead atoms. The third-order valence-electron chi connectivity index (χ3n) is 5.58. The largest absolute Gasteiger partial charge is 0.492 e. The molecule has 6 nitrogen and oxygen atoms in total. The van der Waals surface area contributed by atoms with E-state index in [-0.39, 0.29) is 0 Å². The fourth-order valence-electron chi connectivity index (χ4n) is 3.99. The highest BCUT2D eigenvalue weighted by Gasteiger charge is 2.34. The highest BCUT2D eigenvalue weighted by atomic mass is 35.5. The summed E-state index contributed by atoms with van der Waals surface area (Å²) in [6.07, 6.45) is 5.64. The first-order valence-electron chi connectivity index (χ1n) is 9.02. The Bertz CT molecular complexity index is 810. The van der Waals surface area contributed by atoms with Crippen molar-refractivity contribution in [2.45, 2.75) is 44.1 Å². The van der Waals surface area contributed by atoms with Crippen molar-refractivity contribution in [1.82, 2.24) is 15.1 Å². The van der Waals surface area contributed by atoms with E-state index in [0.29, 0.717) is 29.1 Å². The number of anilines is 1. The van der Waals surface area contributed by atoms with Crippen LogP contribution in [-0.2, 0) is 6.42 Å². The lowest BCUT2D eigenvalue weighted by Crippen LogP contribution is -2.34. The van der Waals surface area contributed by atoms with E-state index in [2.05, 4.69) is 15.1 Å². The summed E-state index contributed by atoms with van der Waals surface area (Å²) < 4.78 is 11.8. The van der Waals surface area contributed by atoms with Gasteiger partial charge in [0.25, 0.3) is 5.89 Å². The molecule has 1 aromatic heterocycles. The van der Waals surface area contributed by atoms with Gasteiger partial charge in [0.05, 0.1) is 22.9 Å². The standard InChI is InChI=1S/C18H21ClN4O2/c19-14-9-13(16-12(15(14)20)5-8-24-16)18-22-21-17(25-18)10-3-6-23(7-4-10)11-1-2-11/h9-11H,1-8,20H2. The molecule has 0 spiro atoms. The number of piperidine rings is 1. The van der Waals surface area contributed by atoms with Crippen molar-refractivity contribution in [3.8, 4) is 17.2 Å². The van der Waals surface area contributed by atoms with Gasteiger partial charge in [-0.25, -0.2) is 0 Å². The van der Waals surface area contributed by atoms with Crippen molar-refractivity contribution in [3.05, 3.63) is 22.5 Å². The molecule has 1 aromatic carbocycles. The number of fused-ring (bicyclic) bond motifs is 1. The van der Waals surface area contributed by atoms with Gasteiger partial charge in [-0.15, -0.1) is 10.2 Å². The molecule has 2 aliphatic heterocycles. The zero-order valence-electron chi connectivity index (χ0n) is 14.0. The number of nitrogens with two attached hydrogens (primary N) is 1. The second-order valence-electron chi connectivity index (χ2n) is 7.21. The van der Waals surface area contributed by atoms with Crippen LogP contribution in [0.15, 0.2) is 10.5 Å². The topological polar surface area (TPSA) is 77.4 Å². The van der Waals surface area contributed by atoms with Gasteiger partial charge >= 0.3 is 0 Å². The Balaban J connectivity index is 1.40. The van der Waals surface area contributed by atoms with E-state index >= 15 is 0 Å². The van der Waals surface area contributed by atoms with Crippen molar-refractivity contribution in [2.75, 3.05) is 25.4 Å². The number of aromatic nitrogens is 2. The first-order chi connectivity index (χ1) is 12.2. The maximum absolute atomic E-state index is 6.28. The van der Waals surface area contributed by atoms with E-state index in [9.17, 15) is 0 Å². The minimum Gasteiger partial charge on any atom is -0.492 e. The van der Waals surface area contributed by atoms with Crippen LogP contribution in [-0.4, -0.2) is 40.8 Å². The number of benzene rings is 1. The SMILES string of the molecule is Nc1c(Cl)cc(-c2nnc(C3CCN(C4CC4)CC3)o2)c2c1CCO2. The molecule has 2 N–H and O–H groups in total. The van der Waals surface area contributed by atoms with Gasteiger partial charge in [0, 0.05) is 23.9 Å². The van der Waals surface area contributed by atoms with Crippen LogP contribution in [0.2, 0.25) is 5.02 Å². The molecule has 0 unspecified atom stereocenters. The minimum absolute atomic E-state index is 0.342. The number of hydrogen-bond donors (Lipinski definition) is 1. The summed E-state index contributed by atoms with van der Waals surface area (Å²) in [5.74, 6) is 2.28. The molecule has 1 saturated heterocycles. The predicted molar refractivity (Wildman–Crippen MR) is 94.9 cm³/mol. The molecule has 5 rings (SSSR count). The first kappa shape index (κ1) is 15.5. The predicted octanol–water partition coefficient (Wildman–Crippen LogP) is 3.25. The lowest BCUT2D eigenvalue weighted by atomic mass is 9.97. The number of rotatable bonds is 3. The first-order valence-corrected chi connectivity index (χ1v) is 9.40. The van der Waals surface area contributed by atoms with Crippen molar-refractivity contribution < 1.29 is 9.15 Å². The van der Waals surface area contributed by atoms with Crippen molar-refractivity contribution in [1.29, 1.82) is 0 Å². The number of ether oxygens (including phenoxy) is 1. The summed E-state index contributed by atoms with van der Waals surface area (Å²) in [4.78, 5) is 2.59. The Morgan fingerprint density at radius 3 is 2.72 bits per heavy atom. The Kier molecular flexibility index (Phi) is 3.64. The highest BCUT2D eigenvalue weighted by Crippen LogP contribution is 2.43. The number of nitrogens with zero attached hydrogens (tertiary/aromatic N) is 3. The van der Waals surface area contributed by atoms with E-state index in [1.165, 1.54) is 12.8 Å². The van der Waals surface area contributed by atoms with Crippen molar-refractivity contribution in [2.24, 2.45) is 0 Å². The summed E-state index contributed by atoms with van der Waals surface area (Å²) in [6.45, 7) is 2.85. The highest BCUT2D eigenvalue weighted by molar-refractivity contribution is 6.33. The molecule has 3 heterocycles. The molecule has 7 heteroatoms. The number of hydrogen-bond acceptors (Lipinski definition) is 6. The van der Waals surface area contributed by atoms with Crippen LogP contribution in [0.1, 0.15) is 43.1 Å². The minimum atomic E-state index is 0.342. The van der Waals surface area contributed by atoms with E-state index in [1.54, 1.807) is 6.07 Å². The Morgan fingerprint density at radius 1 is 1.16 bits per heavy atom. The van der Waals surface area contributed by atoms with Gasteiger partial charge in [0.1, 0.15) is 5.75 Å². The molecule has 0 atom stereocenters. The second kappa shape index (κ2) is 5.88. The van der Waals surface area contributed by atoms with E-state index < -0.39 is 0 Å². The van der Waals surface area contributed by atoms with E-state index in [1.807, 2.05) is 0 Å². The summed E-state index contributed by atoms with van der Waals surface area (Å²) in [6, 6.07) is 2.60. The lowest BCUT2D eigenvalue weighted by molar-refractivity contribution is 0.192. The number of nitrogen functional groups attached to an aromatic ring is 1. The fourth-order valence-corrected chi connectivity index (χ4v) is 4.21. The molecule has 132 valence electrons. The van der Waals surface area contributed by atoms with Gasteiger partial charge < -0.3 is 19.8 Å². The van der Waals surface area contributed by atoms with Gasteiger partial charge in [-0.1, -0.05) is 11.6 Å². The van der Waals surface area contributed by atoms with Gasteiger partial charge in [0.15, 0.2) is 0 Å². The molecular weight excluding hydrogens is 340 g/mol. The van der Waals surface area contributed by atoms with Crippen LogP contribution in [0.4, 0.5) is 5.69 Å². The van der Waals surface area contributed by atoms with Gasteiger partial charge in [-0.3, -0.25) is 0 Å². The van der Waals surface area contributed by atoms with Gasteiger partial charge in [-0.2, -0.15) is 0 Å². The average molecular weight is 361 g/mol. The third-order valence-corrected chi connectivity index (χ3v) is 5.90. The zero-order chi connectivity index (χ0) is 17.0. The summed E-state index contributed by atoms with van der Waals surface area (Å²) in [7, 11) is 0. The van der Waals surface area contributed by atoms with Crippen LogP contribution in [0.25, 0.3) is 11.5 Å². The monoisotopic (exact) mass is 360 g/mol. The molecule has 1 aliphatic carbocycles. The van der Waals surface area contributed by atoms with Crippen molar-refractivity contribution in [3.63, 3.8) is 0 Å². The zero-order valence-corrected chi connectivity index (χ0v) is 14.8. The normalized spacial score (nSPS) is 21.3. The van der Waals surface area contributed by atoms with Crippen LogP contribution in [0.3, 0.4) is 0 Å². The molecule has 1 saturated carbocycles. The maximum atomic E-state index is 6.28. The Hall–Kier alpha value is -1.79. The Labute approximate surface area is 151 Å². The van der Waals surface area contributed by atoms with Crippen LogP contribution in [0.5, 0.6) is 5.75 Å². The molecular formula is C18H21ClN4O2. The Morgan fingerprint density at radius 2 is 1.96 bits per heavy atom. The van der Waals surface area contributed by atoms with Crippen LogP contribution >= 0.6 is 11.6 Å². The van der Waals surface area contributed by atoms with Crippen molar-refractivity contribution >= 4 is 17.3 Å². The van der Waals surface area contributed by atoms with E-state index in [4.69, 9.17) is 26.5 Å². The number of likely N-dealkylation sites (tertiary alicyclic amines) is 1. The quantitative estimate of drug-likeness (QED) is 0.846. The number of halogens is 1. The molecule has 0 amide bonds. The maximum Gasteiger partial charge on any atom is 0.251 e. The fraction of sp³-hybridized carbons (Fsp3) is 0.556. The van der Waals surface area contributed by atoms with Gasteiger partial charge in [-0.05, 0) is 44.8 Å². The van der Waals surface area contributed by atoms with Crippen LogP contribution in [0, 0.1) is 0 Å². The average Bonchev–Trinajstić information content (AvgIpc) is 3.17. The van der Waals surface area contributed by atoms with Gasteiger partial charge in [0.2, 0.25) is 5.89 Å².